The number of ether oxygens (including phenoxy) is 1. The predicted octanol–water partition coefficient (Wildman–Crippen LogP) is 1.46. The molecule has 23 heavy (non-hydrogen) atoms. The monoisotopic (exact) mass is 318 g/mol. The highest BCUT2D eigenvalue weighted by molar-refractivity contribution is 5.95. The zero-order valence-corrected chi connectivity index (χ0v) is 13.1. The highest BCUT2D eigenvalue weighted by Crippen LogP contribution is 2.30. The molecule has 6 nitrogen and oxygen atoms in total. The van der Waals surface area contributed by atoms with Crippen LogP contribution in [0.1, 0.15) is 31.4 Å². The molecule has 2 aliphatic heterocycles. The number of carbonyl (C=O) groups is 2. The van der Waals surface area contributed by atoms with Crippen LogP contribution in [-0.4, -0.2) is 47.3 Å². The fourth-order valence-electron chi connectivity index (χ4n) is 3.30. The molecule has 6 heteroatoms. The van der Waals surface area contributed by atoms with Crippen molar-refractivity contribution in [3.05, 3.63) is 35.9 Å². The molecule has 4 atom stereocenters. The van der Waals surface area contributed by atoms with Crippen molar-refractivity contribution in [1.82, 2.24) is 10.2 Å². The minimum absolute atomic E-state index is 0.0947. The molecule has 2 N–H and O–H groups in total. The Morgan fingerprint density at radius 2 is 2.13 bits per heavy atom. The zero-order chi connectivity index (χ0) is 16.4. The fourth-order valence-corrected chi connectivity index (χ4v) is 3.30. The molecule has 2 saturated heterocycles. The largest absolute Gasteiger partial charge is 0.446 e. The minimum atomic E-state index is -0.810. The summed E-state index contributed by atoms with van der Waals surface area (Å²) in [5.41, 5.74) is 0.854. The van der Waals surface area contributed by atoms with Crippen molar-refractivity contribution in [1.29, 1.82) is 0 Å². The van der Waals surface area contributed by atoms with E-state index in [0.717, 1.165) is 29.8 Å². The van der Waals surface area contributed by atoms with E-state index in [9.17, 15) is 14.7 Å². The van der Waals surface area contributed by atoms with Crippen LogP contribution >= 0.6 is 0 Å². The first kappa shape index (κ1) is 16.0. The van der Waals surface area contributed by atoms with Gasteiger partial charge in [0.25, 0.3) is 0 Å². The Balaban J connectivity index is 1.77. The van der Waals surface area contributed by atoms with Crippen molar-refractivity contribution in [3.8, 4) is 0 Å². The average Bonchev–Trinajstić information content (AvgIpc) is 3.23. The van der Waals surface area contributed by atoms with E-state index in [1.807, 2.05) is 30.3 Å². The lowest BCUT2D eigenvalue weighted by Gasteiger charge is -2.28. The van der Waals surface area contributed by atoms with Crippen LogP contribution < -0.4 is 5.32 Å². The van der Waals surface area contributed by atoms with Crippen LogP contribution in [0.25, 0.3) is 0 Å². The highest BCUT2D eigenvalue weighted by Gasteiger charge is 2.43. The lowest BCUT2D eigenvalue weighted by molar-refractivity contribution is -0.137. The van der Waals surface area contributed by atoms with E-state index in [2.05, 4.69) is 5.32 Å². The molecule has 2 amide bonds. The van der Waals surface area contributed by atoms with E-state index in [1.165, 1.54) is 0 Å². The van der Waals surface area contributed by atoms with E-state index in [4.69, 9.17) is 4.74 Å². The number of cyclic esters (lactones) is 1. The number of rotatable bonds is 4. The normalized spacial score (nSPS) is 26.9. The van der Waals surface area contributed by atoms with Gasteiger partial charge in [-0.3, -0.25) is 4.79 Å². The molecule has 3 rings (SSSR count). The van der Waals surface area contributed by atoms with Gasteiger partial charge in [0.05, 0.1) is 12.0 Å². The third-order valence-electron chi connectivity index (χ3n) is 4.71. The number of amides is 2. The van der Waals surface area contributed by atoms with Gasteiger partial charge in [0.2, 0.25) is 5.91 Å². The van der Waals surface area contributed by atoms with Gasteiger partial charge in [-0.15, -0.1) is 0 Å². The molecule has 0 bridgehead atoms. The third-order valence-corrected chi connectivity index (χ3v) is 4.71. The first-order valence-corrected chi connectivity index (χ1v) is 8.06. The van der Waals surface area contributed by atoms with Crippen LogP contribution in [0.3, 0.4) is 0 Å². The summed E-state index contributed by atoms with van der Waals surface area (Å²) in [5, 5.41) is 13.6. The molecule has 0 radical (unpaired) electrons. The van der Waals surface area contributed by atoms with Crippen molar-refractivity contribution in [2.24, 2.45) is 5.92 Å². The van der Waals surface area contributed by atoms with Gasteiger partial charge in [0.1, 0.15) is 12.6 Å². The van der Waals surface area contributed by atoms with E-state index >= 15 is 0 Å². The van der Waals surface area contributed by atoms with Crippen LogP contribution in [0.4, 0.5) is 4.79 Å². The van der Waals surface area contributed by atoms with Crippen LogP contribution in [-0.2, 0) is 9.53 Å². The number of carbonyl (C=O) groups excluding carboxylic acids is 2. The SMILES string of the molecule is CC(C(=O)N1C(=O)OCC1c1ccccc1)C(O)C1CCCN1. The van der Waals surface area contributed by atoms with Gasteiger partial charge in [-0.1, -0.05) is 37.3 Å². The first-order chi connectivity index (χ1) is 11.1. The topological polar surface area (TPSA) is 78.9 Å². The molecular weight excluding hydrogens is 296 g/mol. The molecule has 0 aromatic heterocycles. The molecular formula is C17H22N2O4. The Hall–Kier alpha value is -1.92. The molecule has 4 unspecified atom stereocenters. The smallest absolute Gasteiger partial charge is 0.417 e. The standard InChI is InChI=1S/C17H22N2O4/c1-11(15(20)13-8-5-9-18-13)16(21)19-14(10-23-17(19)22)12-6-3-2-4-7-12/h2-4,6-7,11,13-15,18,20H,5,8-10H2,1H3. The number of hydrogen-bond acceptors (Lipinski definition) is 5. The Morgan fingerprint density at radius 3 is 2.78 bits per heavy atom. The number of aliphatic hydroxyl groups is 1. The summed E-state index contributed by atoms with van der Waals surface area (Å²) in [4.78, 5) is 26.0. The van der Waals surface area contributed by atoms with Gasteiger partial charge in [0.15, 0.2) is 0 Å². The Bertz CT molecular complexity index is 571. The van der Waals surface area contributed by atoms with Gasteiger partial charge in [0, 0.05) is 6.04 Å². The van der Waals surface area contributed by atoms with Crippen LogP contribution in [0, 0.1) is 5.92 Å². The lowest BCUT2D eigenvalue weighted by Crippen LogP contribution is -2.47. The van der Waals surface area contributed by atoms with Crippen molar-refractivity contribution >= 4 is 12.0 Å². The highest BCUT2D eigenvalue weighted by atomic mass is 16.6. The number of nitrogens with one attached hydrogen (secondary N) is 1. The Morgan fingerprint density at radius 1 is 1.39 bits per heavy atom. The maximum Gasteiger partial charge on any atom is 0.417 e. The second-order valence-electron chi connectivity index (χ2n) is 6.19. The number of aliphatic hydroxyl groups excluding tert-OH is 1. The Kier molecular flexibility index (Phi) is 4.63. The quantitative estimate of drug-likeness (QED) is 0.878. The summed E-state index contributed by atoms with van der Waals surface area (Å²) in [6, 6.07) is 8.82. The average molecular weight is 318 g/mol. The molecule has 124 valence electrons. The van der Waals surface area contributed by atoms with Crippen LogP contribution in [0.2, 0.25) is 0 Å². The van der Waals surface area contributed by atoms with Crippen molar-refractivity contribution in [2.45, 2.75) is 38.0 Å². The molecule has 0 spiro atoms. The zero-order valence-electron chi connectivity index (χ0n) is 13.1. The van der Waals surface area contributed by atoms with Gasteiger partial charge >= 0.3 is 6.09 Å². The summed E-state index contributed by atoms with van der Waals surface area (Å²) in [6.07, 6.45) is 0.379. The lowest BCUT2D eigenvalue weighted by atomic mass is 9.94. The minimum Gasteiger partial charge on any atom is -0.446 e. The summed E-state index contributed by atoms with van der Waals surface area (Å²) < 4.78 is 5.08. The fraction of sp³-hybridized carbons (Fsp3) is 0.529. The summed E-state index contributed by atoms with van der Waals surface area (Å²) in [6.45, 7) is 2.67. The van der Waals surface area contributed by atoms with Crippen molar-refractivity contribution in [2.75, 3.05) is 13.2 Å². The maximum absolute atomic E-state index is 12.8. The second kappa shape index (κ2) is 6.68. The summed E-state index contributed by atoms with van der Waals surface area (Å²) in [7, 11) is 0. The summed E-state index contributed by atoms with van der Waals surface area (Å²) >= 11 is 0. The molecule has 0 aliphatic carbocycles. The summed E-state index contributed by atoms with van der Waals surface area (Å²) in [5.74, 6) is -1.05. The van der Waals surface area contributed by atoms with Crippen molar-refractivity contribution in [3.63, 3.8) is 0 Å². The number of nitrogens with zero attached hydrogens (tertiary/aromatic N) is 1. The number of benzene rings is 1. The van der Waals surface area contributed by atoms with Gasteiger partial charge in [-0.25, -0.2) is 9.69 Å². The second-order valence-corrected chi connectivity index (χ2v) is 6.19. The van der Waals surface area contributed by atoms with Crippen molar-refractivity contribution < 1.29 is 19.4 Å². The maximum atomic E-state index is 12.8. The molecule has 2 fully saturated rings. The van der Waals surface area contributed by atoms with E-state index in [-0.39, 0.29) is 18.6 Å². The molecule has 0 saturated carbocycles. The molecule has 2 heterocycles. The third kappa shape index (κ3) is 3.09. The number of hydrogen-bond donors (Lipinski definition) is 2. The predicted molar refractivity (Wildman–Crippen MR) is 83.6 cm³/mol. The van der Waals surface area contributed by atoms with Gasteiger partial charge in [-0.2, -0.15) is 0 Å². The Labute approximate surface area is 135 Å². The van der Waals surface area contributed by atoms with Crippen LogP contribution in [0.15, 0.2) is 30.3 Å². The first-order valence-electron chi connectivity index (χ1n) is 8.06. The van der Waals surface area contributed by atoms with E-state index in [1.54, 1.807) is 6.92 Å². The van der Waals surface area contributed by atoms with Crippen LogP contribution in [0.5, 0.6) is 0 Å². The van der Waals surface area contributed by atoms with Gasteiger partial charge in [-0.05, 0) is 24.9 Å². The molecule has 1 aromatic carbocycles. The van der Waals surface area contributed by atoms with Gasteiger partial charge < -0.3 is 15.2 Å². The molecule has 1 aromatic rings. The van der Waals surface area contributed by atoms with E-state index < -0.39 is 24.2 Å². The molecule has 2 aliphatic rings. The number of imide groups is 1. The van der Waals surface area contributed by atoms with E-state index in [0.29, 0.717) is 0 Å².